The number of aryl methyl sites for hydroxylation is 2. The van der Waals surface area contributed by atoms with Gasteiger partial charge in [-0.15, -0.1) is 0 Å². The molecule has 0 saturated heterocycles. The molecular formula is C27H38O4. The largest absolute Gasteiger partial charge is 0.508 e. The first-order valence-electron chi connectivity index (χ1n) is 11.3. The molecule has 1 aromatic carbocycles. The van der Waals surface area contributed by atoms with Gasteiger partial charge in [0.05, 0.1) is 0 Å². The van der Waals surface area contributed by atoms with E-state index in [1.807, 2.05) is 13.0 Å². The molecule has 1 heterocycles. The van der Waals surface area contributed by atoms with Crippen LogP contribution in [-0.4, -0.2) is 21.8 Å². The second-order valence-corrected chi connectivity index (χ2v) is 9.21. The number of aliphatic carboxylic acids is 1. The molecule has 1 aliphatic rings. The third-order valence-electron chi connectivity index (χ3n) is 6.13. The van der Waals surface area contributed by atoms with Crippen LogP contribution in [0.5, 0.6) is 11.5 Å². The Kier molecular flexibility index (Phi) is 8.97. The summed E-state index contributed by atoms with van der Waals surface area (Å²) in [5.74, 6) is 0.424. The number of hydrogen-bond acceptors (Lipinski definition) is 3. The van der Waals surface area contributed by atoms with Crippen molar-refractivity contribution in [1.82, 2.24) is 0 Å². The molecule has 0 radical (unpaired) electrons. The molecule has 0 amide bonds. The van der Waals surface area contributed by atoms with E-state index in [2.05, 4.69) is 32.9 Å². The number of rotatable bonds is 10. The number of hydrogen-bond donors (Lipinski definition) is 2. The summed E-state index contributed by atoms with van der Waals surface area (Å²) in [6.07, 6.45) is 14.0. The quantitative estimate of drug-likeness (QED) is 0.311. The zero-order valence-corrected chi connectivity index (χ0v) is 19.8. The van der Waals surface area contributed by atoms with Crippen LogP contribution in [0.25, 0.3) is 0 Å². The third kappa shape index (κ3) is 7.93. The molecule has 4 nitrogen and oxygen atoms in total. The van der Waals surface area contributed by atoms with Crippen molar-refractivity contribution in [2.75, 3.05) is 0 Å². The van der Waals surface area contributed by atoms with Crippen LogP contribution in [0.3, 0.4) is 0 Å². The maximum absolute atomic E-state index is 10.8. The van der Waals surface area contributed by atoms with Crippen molar-refractivity contribution in [2.24, 2.45) is 0 Å². The summed E-state index contributed by atoms with van der Waals surface area (Å²) in [5, 5.41) is 18.7. The van der Waals surface area contributed by atoms with E-state index in [0.29, 0.717) is 11.3 Å². The molecule has 1 aliphatic heterocycles. The lowest BCUT2D eigenvalue weighted by atomic mass is 9.87. The van der Waals surface area contributed by atoms with Crippen molar-refractivity contribution in [3.63, 3.8) is 0 Å². The minimum atomic E-state index is -0.839. The van der Waals surface area contributed by atoms with Gasteiger partial charge in [0.15, 0.2) is 0 Å². The van der Waals surface area contributed by atoms with E-state index in [1.165, 1.54) is 11.1 Å². The van der Waals surface area contributed by atoms with Gasteiger partial charge in [0, 0.05) is 5.57 Å². The van der Waals surface area contributed by atoms with Crippen LogP contribution < -0.4 is 4.74 Å². The smallest absolute Gasteiger partial charge is 0.330 e. The summed E-state index contributed by atoms with van der Waals surface area (Å²) < 4.78 is 6.38. The van der Waals surface area contributed by atoms with Gasteiger partial charge in [-0.05, 0) is 109 Å². The van der Waals surface area contributed by atoms with E-state index in [4.69, 9.17) is 9.84 Å². The van der Waals surface area contributed by atoms with Crippen molar-refractivity contribution in [3.05, 3.63) is 58.2 Å². The lowest BCUT2D eigenvalue weighted by Gasteiger charge is -2.36. The van der Waals surface area contributed by atoms with E-state index in [-0.39, 0.29) is 5.60 Å². The normalized spacial score (nSPS) is 19.7. The highest BCUT2D eigenvalue weighted by Crippen LogP contribution is 2.39. The number of carbonyl (C=O) groups is 1. The van der Waals surface area contributed by atoms with Crippen LogP contribution in [0.15, 0.2) is 47.1 Å². The van der Waals surface area contributed by atoms with E-state index >= 15 is 0 Å². The van der Waals surface area contributed by atoms with Crippen molar-refractivity contribution in [3.8, 4) is 11.5 Å². The number of allylic oxidation sites excluding steroid dienone is 5. The average molecular weight is 427 g/mol. The highest BCUT2D eigenvalue weighted by molar-refractivity contribution is 5.85. The van der Waals surface area contributed by atoms with Crippen LogP contribution >= 0.6 is 0 Å². The zero-order valence-electron chi connectivity index (χ0n) is 19.8. The first-order chi connectivity index (χ1) is 14.6. The third-order valence-corrected chi connectivity index (χ3v) is 6.13. The Morgan fingerprint density at radius 1 is 1.06 bits per heavy atom. The fourth-order valence-corrected chi connectivity index (χ4v) is 4.01. The van der Waals surface area contributed by atoms with Crippen molar-refractivity contribution in [2.45, 2.75) is 91.6 Å². The first kappa shape index (κ1) is 24.8. The van der Waals surface area contributed by atoms with Crippen LogP contribution in [0.2, 0.25) is 0 Å². The molecule has 0 unspecified atom stereocenters. The average Bonchev–Trinajstić information content (AvgIpc) is 2.68. The molecule has 1 atom stereocenters. The van der Waals surface area contributed by atoms with Gasteiger partial charge >= 0.3 is 5.97 Å². The molecule has 0 bridgehead atoms. The molecule has 1 aromatic rings. The summed E-state index contributed by atoms with van der Waals surface area (Å²) in [4.78, 5) is 10.8. The fraction of sp³-hybridized carbons (Fsp3) is 0.519. The highest BCUT2D eigenvalue weighted by atomic mass is 16.5. The first-order valence-corrected chi connectivity index (χ1v) is 11.3. The van der Waals surface area contributed by atoms with E-state index in [1.54, 1.807) is 19.1 Å². The number of carboxylic acids is 1. The maximum Gasteiger partial charge on any atom is 0.330 e. The predicted molar refractivity (Wildman–Crippen MR) is 127 cm³/mol. The second kappa shape index (κ2) is 11.2. The molecule has 0 saturated carbocycles. The van der Waals surface area contributed by atoms with E-state index in [9.17, 15) is 9.90 Å². The number of fused-ring (bicyclic) bond motifs is 1. The van der Waals surface area contributed by atoms with Crippen LogP contribution in [0.1, 0.15) is 83.8 Å². The number of phenols is 1. The molecule has 170 valence electrons. The Hall–Kier alpha value is -2.49. The Labute approximate surface area is 187 Å². The number of phenolic OH excluding ortho intramolecular Hbond substituents is 1. The van der Waals surface area contributed by atoms with Gasteiger partial charge in [0.1, 0.15) is 17.1 Å². The molecular weight excluding hydrogens is 388 g/mol. The lowest BCUT2D eigenvalue weighted by molar-refractivity contribution is -0.132. The van der Waals surface area contributed by atoms with Crippen molar-refractivity contribution < 1.29 is 19.7 Å². The minimum Gasteiger partial charge on any atom is -0.508 e. The fourth-order valence-electron chi connectivity index (χ4n) is 4.01. The number of carboxylic acid groups (broad SMARTS) is 1. The molecule has 2 N–H and O–H groups in total. The molecule has 2 rings (SSSR count). The molecule has 0 aromatic heterocycles. The molecule has 0 spiro atoms. The van der Waals surface area contributed by atoms with Crippen LogP contribution in [-0.2, 0) is 11.2 Å². The Balaban J connectivity index is 1.77. The summed E-state index contributed by atoms with van der Waals surface area (Å²) >= 11 is 0. The summed E-state index contributed by atoms with van der Waals surface area (Å²) in [6, 6.07) is 3.60. The summed E-state index contributed by atoms with van der Waals surface area (Å²) in [6.45, 7) is 10.1. The number of aromatic hydroxyl groups is 1. The monoisotopic (exact) mass is 426 g/mol. The zero-order chi connectivity index (χ0) is 23.0. The van der Waals surface area contributed by atoms with E-state index in [0.717, 1.165) is 68.2 Å². The van der Waals surface area contributed by atoms with Crippen molar-refractivity contribution >= 4 is 5.97 Å². The molecule has 31 heavy (non-hydrogen) atoms. The maximum atomic E-state index is 10.8. The second-order valence-electron chi connectivity index (χ2n) is 9.21. The standard InChI is InChI=1S/C27H38O4/c1-19(11-7-13-21(3)26(29)30)9-6-10-20(2)12-8-15-27(5)16-14-23-18-24(28)17-22(4)25(23)31-27/h9,12-13,17-18,28H,6-8,10-11,14-16H2,1-5H3,(H,29,30)/b19-9+,20-12+,21-13-/t27-/m1/s1. The molecule has 0 aliphatic carbocycles. The van der Waals surface area contributed by atoms with Gasteiger partial charge in [-0.1, -0.05) is 29.4 Å². The van der Waals surface area contributed by atoms with Crippen LogP contribution in [0, 0.1) is 6.92 Å². The van der Waals surface area contributed by atoms with Crippen LogP contribution in [0.4, 0.5) is 0 Å². The van der Waals surface area contributed by atoms with Gasteiger partial charge in [-0.3, -0.25) is 0 Å². The van der Waals surface area contributed by atoms with Gasteiger partial charge in [-0.25, -0.2) is 4.79 Å². The molecule has 4 heteroatoms. The van der Waals surface area contributed by atoms with E-state index < -0.39 is 5.97 Å². The predicted octanol–water partition coefficient (Wildman–Crippen LogP) is 7.05. The molecule has 0 fully saturated rings. The SMILES string of the molecule is C/C(=C/CC/C(C)=C/CC/C(C)=C/CC[C@]1(C)CCc2cc(O)cc(C)c2O1)C(=O)O. The topological polar surface area (TPSA) is 66.8 Å². The van der Waals surface area contributed by atoms with Gasteiger partial charge in [0.2, 0.25) is 0 Å². The highest BCUT2D eigenvalue weighted by Gasteiger charge is 2.31. The summed E-state index contributed by atoms with van der Waals surface area (Å²) in [7, 11) is 0. The van der Waals surface area contributed by atoms with Crippen molar-refractivity contribution in [1.29, 1.82) is 0 Å². The summed E-state index contributed by atoms with van der Waals surface area (Å²) in [5.41, 5.74) is 5.07. The number of ether oxygens (including phenoxy) is 1. The Morgan fingerprint density at radius 2 is 1.68 bits per heavy atom. The number of benzene rings is 1. The van der Waals surface area contributed by atoms with Gasteiger partial charge in [0.25, 0.3) is 0 Å². The minimum absolute atomic E-state index is 0.163. The Bertz CT molecular complexity index is 875. The van der Waals surface area contributed by atoms with Gasteiger partial charge in [-0.2, -0.15) is 0 Å². The lowest BCUT2D eigenvalue weighted by Crippen LogP contribution is -2.36. The Morgan fingerprint density at radius 3 is 2.32 bits per heavy atom. The van der Waals surface area contributed by atoms with Gasteiger partial charge < -0.3 is 14.9 Å².